The van der Waals surface area contributed by atoms with Crippen molar-refractivity contribution in [2.75, 3.05) is 32.7 Å². The van der Waals surface area contributed by atoms with Crippen molar-refractivity contribution in [3.63, 3.8) is 0 Å². The summed E-state index contributed by atoms with van der Waals surface area (Å²) in [4.78, 5) is 1.85. The molecule has 0 unspecified atom stereocenters. The second-order valence-electron chi connectivity index (χ2n) is 3.59. The zero-order chi connectivity index (χ0) is 9.73. The quantitative estimate of drug-likeness (QED) is 0.725. The van der Waals surface area contributed by atoms with Gasteiger partial charge in [0.1, 0.15) is 0 Å². The average Bonchev–Trinajstić information content (AvgIpc) is 2.32. The van der Waals surface area contributed by atoms with E-state index in [2.05, 4.69) is 5.32 Å². The molecule has 78 valence electrons. The van der Waals surface area contributed by atoms with Crippen molar-refractivity contribution < 1.29 is 8.78 Å². The first-order chi connectivity index (χ1) is 6.14. The largest absolute Gasteiger partial charge is 0.315 e. The van der Waals surface area contributed by atoms with Crippen LogP contribution < -0.4 is 5.32 Å². The second-order valence-corrected chi connectivity index (χ2v) is 3.59. The summed E-state index contributed by atoms with van der Waals surface area (Å²) in [7, 11) is 0. The summed E-state index contributed by atoms with van der Waals surface area (Å²) in [6.45, 7) is 4.79. The van der Waals surface area contributed by atoms with Crippen molar-refractivity contribution in [1.82, 2.24) is 10.2 Å². The molecule has 0 amide bonds. The molecule has 1 aliphatic heterocycles. The molecule has 1 aliphatic rings. The topological polar surface area (TPSA) is 15.3 Å². The minimum Gasteiger partial charge on any atom is -0.315 e. The Bertz CT molecular complexity index is 143. The molecule has 0 aromatic heterocycles. The van der Waals surface area contributed by atoms with E-state index in [1.807, 2.05) is 4.90 Å². The molecule has 0 aliphatic carbocycles. The lowest BCUT2D eigenvalue weighted by Crippen LogP contribution is -2.38. The Balaban J connectivity index is 2.33. The first-order valence-electron chi connectivity index (χ1n) is 4.95. The monoisotopic (exact) mass is 192 g/mol. The Morgan fingerprint density at radius 2 is 2.08 bits per heavy atom. The summed E-state index contributed by atoms with van der Waals surface area (Å²) in [5.74, 6) is -2.51. The third-order valence-corrected chi connectivity index (χ3v) is 2.40. The molecule has 0 atom stereocenters. The van der Waals surface area contributed by atoms with Gasteiger partial charge < -0.3 is 5.32 Å². The predicted molar refractivity (Wildman–Crippen MR) is 49.2 cm³/mol. The molecule has 0 spiro atoms. The number of nitrogens with one attached hydrogen (secondary N) is 1. The van der Waals surface area contributed by atoms with Gasteiger partial charge in [-0.15, -0.1) is 0 Å². The highest BCUT2D eigenvalue weighted by Gasteiger charge is 2.29. The minimum absolute atomic E-state index is 0.0586. The third kappa shape index (κ3) is 4.00. The molecule has 0 bridgehead atoms. The lowest BCUT2D eigenvalue weighted by Gasteiger charge is -2.24. The summed E-state index contributed by atoms with van der Waals surface area (Å²) < 4.78 is 26.0. The van der Waals surface area contributed by atoms with Gasteiger partial charge in [-0.3, -0.25) is 4.90 Å². The van der Waals surface area contributed by atoms with Crippen molar-refractivity contribution in [2.24, 2.45) is 0 Å². The molecular weight excluding hydrogens is 174 g/mol. The van der Waals surface area contributed by atoms with Crippen LogP contribution in [0.3, 0.4) is 0 Å². The SMILES string of the molecule is CCC(F)(F)CN1CCCNCC1. The molecule has 1 heterocycles. The number of rotatable bonds is 3. The highest BCUT2D eigenvalue weighted by molar-refractivity contribution is 4.73. The van der Waals surface area contributed by atoms with Crippen molar-refractivity contribution in [2.45, 2.75) is 25.7 Å². The van der Waals surface area contributed by atoms with Crippen molar-refractivity contribution in [1.29, 1.82) is 0 Å². The Kier molecular flexibility index (Phi) is 4.06. The van der Waals surface area contributed by atoms with E-state index in [4.69, 9.17) is 0 Å². The summed E-state index contributed by atoms with van der Waals surface area (Å²) in [6.07, 6.45) is 0.913. The predicted octanol–water partition coefficient (Wildman–Crippen LogP) is 1.33. The standard InChI is InChI=1S/C9H18F2N2/c1-2-9(10,11)8-13-6-3-4-12-5-7-13/h12H,2-8H2,1H3. The minimum atomic E-state index is -2.51. The van der Waals surface area contributed by atoms with Crippen LogP contribution in [-0.2, 0) is 0 Å². The summed E-state index contributed by atoms with van der Waals surface area (Å²) in [5.41, 5.74) is 0. The fourth-order valence-electron chi connectivity index (χ4n) is 1.50. The molecule has 1 saturated heterocycles. The maximum absolute atomic E-state index is 13.0. The van der Waals surface area contributed by atoms with E-state index in [9.17, 15) is 8.78 Å². The van der Waals surface area contributed by atoms with Gasteiger partial charge in [0.25, 0.3) is 5.92 Å². The van der Waals surface area contributed by atoms with Crippen LogP contribution in [0.2, 0.25) is 0 Å². The molecule has 13 heavy (non-hydrogen) atoms. The van der Waals surface area contributed by atoms with Crippen molar-refractivity contribution in [3.8, 4) is 0 Å². The Morgan fingerprint density at radius 3 is 2.77 bits per heavy atom. The molecule has 0 saturated carbocycles. The third-order valence-electron chi connectivity index (χ3n) is 2.40. The van der Waals surface area contributed by atoms with Gasteiger partial charge in [-0.1, -0.05) is 6.92 Å². The summed E-state index contributed by atoms with van der Waals surface area (Å²) in [6, 6.07) is 0. The normalized spacial score (nSPS) is 21.5. The lowest BCUT2D eigenvalue weighted by molar-refractivity contribution is -0.0338. The van der Waals surface area contributed by atoms with Gasteiger partial charge in [-0.25, -0.2) is 8.78 Å². The van der Waals surface area contributed by atoms with Gasteiger partial charge in [-0.05, 0) is 19.5 Å². The summed E-state index contributed by atoms with van der Waals surface area (Å²) in [5, 5.41) is 3.19. The first-order valence-corrected chi connectivity index (χ1v) is 4.95. The molecule has 0 aromatic rings. The van der Waals surface area contributed by atoms with Crippen LogP contribution in [0.15, 0.2) is 0 Å². The number of hydrogen-bond acceptors (Lipinski definition) is 2. The molecule has 1 N–H and O–H groups in total. The van der Waals surface area contributed by atoms with Gasteiger partial charge in [0.05, 0.1) is 6.54 Å². The van der Waals surface area contributed by atoms with Crippen LogP contribution in [0.25, 0.3) is 0 Å². The van der Waals surface area contributed by atoms with Crippen molar-refractivity contribution in [3.05, 3.63) is 0 Å². The van der Waals surface area contributed by atoms with Crippen LogP contribution in [0.5, 0.6) is 0 Å². The van der Waals surface area contributed by atoms with Gasteiger partial charge in [-0.2, -0.15) is 0 Å². The lowest BCUT2D eigenvalue weighted by atomic mass is 10.2. The molecule has 0 radical (unpaired) electrons. The molecule has 1 fully saturated rings. The Morgan fingerprint density at radius 1 is 1.31 bits per heavy atom. The fraction of sp³-hybridized carbons (Fsp3) is 1.00. The van der Waals surface area contributed by atoms with Crippen LogP contribution >= 0.6 is 0 Å². The van der Waals surface area contributed by atoms with Crippen LogP contribution in [0.1, 0.15) is 19.8 Å². The van der Waals surface area contributed by atoms with Gasteiger partial charge in [0.15, 0.2) is 0 Å². The van der Waals surface area contributed by atoms with E-state index in [0.717, 1.165) is 32.6 Å². The Hall–Kier alpha value is -0.220. The van der Waals surface area contributed by atoms with Crippen molar-refractivity contribution >= 4 is 0 Å². The highest BCUT2D eigenvalue weighted by atomic mass is 19.3. The number of alkyl halides is 2. The van der Waals surface area contributed by atoms with Gasteiger partial charge >= 0.3 is 0 Å². The van der Waals surface area contributed by atoms with E-state index in [-0.39, 0.29) is 13.0 Å². The maximum Gasteiger partial charge on any atom is 0.260 e. The van der Waals surface area contributed by atoms with E-state index in [1.165, 1.54) is 6.92 Å². The smallest absolute Gasteiger partial charge is 0.260 e. The van der Waals surface area contributed by atoms with E-state index >= 15 is 0 Å². The highest BCUT2D eigenvalue weighted by Crippen LogP contribution is 2.19. The number of nitrogens with zero attached hydrogens (tertiary/aromatic N) is 1. The van der Waals surface area contributed by atoms with E-state index in [1.54, 1.807) is 0 Å². The fourth-order valence-corrected chi connectivity index (χ4v) is 1.50. The van der Waals surface area contributed by atoms with Gasteiger partial charge in [0, 0.05) is 19.5 Å². The second kappa shape index (κ2) is 4.86. The molecular formula is C9H18F2N2. The van der Waals surface area contributed by atoms with E-state index in [0.29, 0.717) is 0 Å². The molecule has 1 rings (SSSR count). The van der Waals surface area contributed by atoms with Crippen LogP contribution in [0, 0.1) is 0 Å². The number of hydrogen-bond donors (Lipinski definition) is 1. The first kappa shape index (κ1) is 10.9. The Labute approximate surface area is 78.3 Å². The maximum atomic E-state index is 13.0. The molecule has 0 aromatic carbocycles. The van der Waals surface area contributed by atoms with E-state index < -0.39 is 5.92 Å². The zero-order valence-electron chi connectivity index (χ0n) is 8.15. The molecule has 2 nitrogen and oxygen atoms in total. The number of halogens is 2. The summed E-state index contributed by atoms with van der Waals surface area (Å²) >= 11 is 0. The molecule has 4 heteroatoms. The van der Waals surface area contributed by atoms with Crippen LogP contribution in [0.4, 0.5) is 8.78 Å². The zero-order valence-corrected chi connectivity index (χ0v) is 8.15. The van der Waals surface area contributed by atoms with Crippen LogP contribution in [-0.4, -0.2) is 43.5 Å². The average molecular weight is 192 g/mol. The van der Waals surface area contributed by atoms with Gasteiger partial charge in [0.2, 0.25) is 0 Å².